The van der Waals surface area contributed by atoms with Crippen molar-refractivity contribution in [2.75, 3.05) is 13.2 Å². The lowest BCUT2D eigenvalue weighted by Gasteiger charge is -2.07. The van der Waals surface area contributed by atoms with E-state index < -0.39 is 5.97 Å². The Kier molecular flexibility index (Phi) is 4.82. The van der Waals surface area contributed by atoms with Crippen LogP contribution in [0, 0.1) is 0 Å². The van der Waals surface area contributed by atoms with E-state index in [1.165, 1.54) is 12.1 Å². The standard InChI is InChI=1S/C18H13ClO5/c19-12-6-7-16-14(10-12)15(20)11-17(24-16)18(21)23-9-8-22-13-4-2-1-3-5-13/h1-7,10-11H,8-9H2. The van der Waals surface area contributed by atoms with Gasteiger partial charge in [0.05, 0.1) is 5.39 Å². The van der Waals surface area contributed by atoms with E-state index in [2.05, 4.69) is 0 Å². The minimum Gasteiger partial charge on any atom is -0.490 e. The van der Waals surface area contributed by atoms with E-state index in [4.69, 9.17) is 25.5 Å². The molecule has 1 aromatic heterocycles. The van der Waals surface area contributed by atoms with Crippen molar-refractivity contribution in [3.8, 4) is 5.75 Å². The molecule has 24 heavy (non-hydrogen) atoms. The van der Waals surface area contributed by atoms with Gasteiger partial charge in [-0.05, 0) is 30.3 Å². The van der Waals surface area contributed by atoms with E-state index in [1.54, 1.807) is 18.2 Å². The molecule has 0 bridgehead atoms. The second-order valence-electron chi connectivity index (χ2n) is 4.91. The molecule has 2 aromatic carbocycles. The molecule has 0 radical (unpaired) electrons. The highest BCUT2D eigenvalue weighted by atomic mass is 35.5. The monoisotopic (exact) mass is 344 g/mol. The molecule has 5 nitrogen and oxygen atoms in total. The normalized spacial score (nSPS) is 10.5. The molecule has 0 amide bonds. The Hall–Kier alpha value is -2.79. The van der Waals surface area contributed by atoms with Crippen LogP contribution in [0.4, 0.5) is 0 Å². The Morgan fingerprint density at radius 3 is 2.62 bits per heavy atom. The summed E-state index contributed by atoms with van der Waals surface area (Å²) in [6.07, 6.45) is 0. The number of benzene rings is 2. The summed E-state index contributed by atoms with van der Waals surface area (Å²) in [6.45, 7) is 0.235. The number of hydrogen-bond donors (Lipinski definition) is 0. The van der Waals surface area contributed by atoms with Crippen LogP contribution >= 0.6 is 11.6 Å². The third-order valence-electron chi connectivity index (χ3n) is 3.22. The van der Waals surface area contributed by atoms with Crippen molar-refractivity contribution in [2.24, 2.45) is 0 Å². The van der Waals surface area contributed by atoms with Crippen LogP contribution in [0.5, 0.6) is 5.75 Å². The molecular weight excluding hydrogens is 332 g/mol. The summed E-state index contributed by atoms with van der Waals surface area (Å²) >= 11 is 5.84. The fourth-order valence-electron chi connectivity index (χ4n) is 2.11. The predicted octanol–water partition coefficient (Wildman–Crippen LogP) is 3.68. The molecule has 0 fully saturated rings. The fourth-order valence-corrected chi connectivity index (χ4v) is 2.28. The number of carbonyl (C=O) groups is 1. The molecule has 3 rings (SSSR count). The van der Waals surface area contributed by atoms with Gasteiger partial charge in [0, 0.05) is 11.1 Å². The lowest BCUT2D eigenvalue weighted by molar-refractivity contribution is 0.0415. The van der Waals surface area contributed by atoms with Crippen LogP contribution in [0.3, 0.4) is 0 Å². The van der Waals surface area contributed by atoms with Gasteiger partial charge in [0.15, 0.2) is 5.43 Å². The van der Waals surface area contributed by atoms with Crippen LogP contribution < -0.4 is 10.2 Å². The molecule has 6 heteroatoms. The summed E-state index contributed by atoms with van der Waals surface area (Å²) in [6, 6.07) is 14.9. The Morgan fingerprint density at radius 2 is 1.83 bits per heavy atom. The smallest absolute Gasteiger partial charge is 0.374 e. The Balaban J connectivity index is 1.64. The van der Waals surface area contributed by atoms with Gasteiger partial charge >= 0.3 is 5.97 Å². The zero-order chi connectivity index (χ0) is 16.9. The van der Waals surface area contributed by atoms with Gasteiger partial charge in [-0.3, -0.25) is 4.79 Å². The second kappa shape index (κ2) is 7.19. The zero-order valence-corrected chi connectivity index (χ0v) is 13.3. The maximum Gasteiger partial charge on any atom is 0.374 e. The summed E-state index contributed by atoms with van der Waals surface area (Å²) in [7, 11) is 0. The van der Waals surface area contributed by atoms with E-state index in [-0.39, 0.29) is 30.0 Å². The van der Waals surface area contributed by atoms with Gasteiger partial charge in [0.1, 0.15) is 24.5 Å². The van der Waals surface area contributed by atoms with Crippen molar-refractivity contribution in [3.05, 3.63) is 75.6 Å². The van der Waals surface area contributed by atoms with E-state index >= 15 is 0 Å². The number of carbonyl (C=O) groups excluding carboxylic acids is 1. The maximum atomic E-state index is 12.0. The number of rotatable bonds is 5. The number of halogens is 1. The number of hydrogen-bond acceptors (Lipinski definition) is 5. The first-order valence-corrected chi connectivity index (χ1v) is 7.60. The van der Waals surface area contributed by atoms with E-state index in [0.717, 1.165) is 6.07 Å². The van der Waals surface area contributed by atoms with Crippen LogP contribution in [0.25, 0.3) is 11.0 Å². The average Bonchev–Trinajstić information content (AvgIpc) is 2.60. The first-order valence-electron chi connectivity index (χ1n) is 7.22. The van der Waals surface area contributed by atoms with Crippen LogP contribution in [0.1, 0.15) is 10.6 Å². The SMILES string of the molecule is O=C(OCCOc1ccccc1)c1cc(=O)c2cc(Cl)ccc2o1. The Bertz CT molecular complexity index is 918. The molecular formula is C18H13ClO5. The van der Waals surface area contributed by atoms with Gasteiger partial charge in [-0.15, -0.1) is 0 Å². The summed E-state index contributed by atoms with van der Waals surface area (Å²) in [5.41, 5.74) is -0.0781. The van der Waals surface area contributed by atoms with E-state index in [1.807, 2.05) is 18.2 Å². The molecule has 0 spiro atoms. The molecule has 122 valence electrons. The first-order chi connectivity index (χ1) is 11.6. The topological polar surface area (TPSA) is 65.7 Å². The van der Waals surface area contributed by atoms with Crippen LogP contribution in [0.2, 0.25) is 5.02 Å². The largest absolute Gasteiger partial charge is 0.490 e. The van der Waals surface area contributed by atoms with Gasteiger partial charge in [-0.2, -0.15) is 0 Å². The van der Waals surface area contributed by atoms with E-state index in [0.29, 0.717) is 16.2 Å². The molecule has 0 N–H and O–H groups in total. The third-order valence-corrected chi connectivity index (χ3v) is 3.45. The van der Waals surface area contributed by atoms with Crippen molar-refractivity contribution >= 4 is 28.5 Å². The number of ether oxygens (including phenoxy) is 2. The van der Waals surface area contributed by atoms with Gasteiger partial charge in [-0.1, -0.05) is 29.8 Å². The summed E-state index contributed by atoms with van der Waals surface area (Å²) in [4.78, 5) is 24.0. The van der Waals surface area contributed by atoms with Gasteiger partial charge in [-0.25, -0.2) is 4.79 Å². The molecule has 0 aliphatic rings. The quantitative estimate of drug-likeness (QED) is 0.521. The van der Waals surface area contributed by atoms with E-state index in [9.17, 15) is 9.59 Å². The Labute approximate surface area is 142 Å². The van der Waals surface area contributed by atoms with Crippen molar-refractivity contribution in [3.63, 3.8) is 0 Å². The molecule has 0 aliphatic carbocycles. The number of para-hydroxylation sites is 1. The molecule has 0 saturated heterocycles. The highest BCUT2D eigenvalue weighted by Crippen LogP contribution is 2.18. The lowest BCUT2D eigenvalue weighted by atomic mass is 10.2. The van der Waals surface area contributed by atoms with Crippen molar-refractivity contribution in [1.82, 2.24) is 0 Å². The highest BCUT2D eigenvalue weighted by molar-refractivity contribution is 6.31. The van der Waals surface area contributed by atoms with Crippen molar-refractivity contribution in [1.29, 1.82) is 0 Å². The average molecular weight is 345 g/mol. The number of fused-ring (bicyclic) bond motifs is 1. The van der Waals surface area contributed by atoms with Crippen molar-refractivity contribution < 1.29 is 18.7 Å². The van der Waals surface area contributed by atoms with Crippen molar-refractivity contribution in [2.45, 2.75) is 0 Å². The predicted molar refractivity (Wildman–Crippen MR) is 89.7 cm³/mol. The second-order valence-corrected chi connectivity index (χ2v) is 5.35. The van der Waals surface area contributed by atoms with Crippen LogP contribution in [-0.4, -0.2) is 19.2 Å². The minimum absolute atomic E-state index is 0.0378. The highest BCUT2D eigenvalue weighted by Gasteiger charge is 2.14. The summed E-state index contributed by atoms with van der Waals surface area (Å²) < 4.78 is 15.9. The van der Waals surface area contributed by atoms with Gasteiger partial charge < -0.3 is 13.9 Å². The van der Waals surface area contributed by atoms with Gasteiger partial charge in [0.25, 0.3) is 0 Å². The molecule has 0 saturated carbocycles. The molecule has 0 aliphatic heterocycles. The van der Waals surface area contributed by atoms with Gasteiger partial charge in [0.2, 0.25) is 5.76 Å². The zero-order valence-electron chi connectivity index (χ0n) is 12.5. The fraction of sp³-hybridized carbons (Fsp3) is 0.111. The molecule has 0 atom stereocenters. The lowest BCUT2D eigenvalue weighted by Crippen LogP contribution is -2.14. The summed E-state index contributed by atoms with van der Waals surface area (Å²) in [5.74, 6) is -0.196. The Morgan fingerprint density at radius 1 is 1.04 bits per heavy atom. The third kappa shape index (κ3) is 3.75. The minimum atomic E-state index is -0.722. The molecule has 1 heterocycles. The number of esters is 1. The first kappa shape index (κ1) is 16.1. The molecule has 3 aromatic rings. The van der Waals surface area contributed by atoms with Crippen LogP contribution in [0.15, 0.2) is 63.8 Å². The van der Waals surface area contributed by atoms with Crippen LogP contribution in [-0.2, 0) is 4.74 Å². The summed E-state index contributed by atoms with van der Waals surface area (Å²) in [5, 5.41) is 0.731. The maximum absolute atomic E-state index is 12.0. The molecule has 0 unspecified atom stereocenters.